The summed E-state index contributed by atoms with van der Waals surface area (Å²) < 4.78 is 24.5. The molecule has 0 aliphatic heterocycles. The quantitative estimate of drug-likeness (QED) is 0.756. The van der Waals surface area contributed by atoms with E-state index in [9.17, 15) is 13.2 Å². The molecule has 2 amide bonds. The van der Waals surface area contributed by atoms with Crippen LogP contribution < -0.4 is 15.4 Å². The molecule has 0 radical (unpaired) electrons. The average molecular weight is 374 g/mol. The molecule has 3 N–H and O–H groups in total. The fourth-order valence-corrected chi connectivity index (χ4v) is 2.73. The van der Waals surface area contributed by atoms with Crippen molar-refractivity contribution < 1.29 is 13.2 Å². The summed E-state index contributed by atoms with van der Waals surface area (Å²) in [6.07, 6.45) is 1.06. The molecule has 0 aromatic heterocycles. The number of carbonyl (C=O) groups is 1. The standard InChI is InChI=1S/C14H13Cl2N3O3S/c1-23(21,22)19-11-5-3-10(4-6-11)17-14(20)18-13-7-2-9(15)8-12(13)16/h2-8,19H,1H3,(H2,17,18,20). The molecule has 2 aromatic carbocycles. The van der Waals surface area contributed by atoms with E-state index in [0.717, 1.165) is 6.26 Å². The van der Waals surface area contributed by atoms with E-state index in [0.29, 0.717) is 27.1 Å². The second-order valence-electron chi connectivity index (χ2n) is 4.65. The Balaban J connectivity index is 2.00. The van der Waals surface area contributed by atoms with Crippen molar-refractivity contribution in [2.45, 2.75) is 0 Å². The van der Waals surface area contributed by atoms with Crippen LogP contribution in [-0.2, 0) is 10.0 Å². The van der Waals surface area contributed by atoms with E-state index < -0.39 is 16.1 Å². The first-order chi connectivity index (χ1) is 10.7. The molecule has 0 atom stereocenters. The van der Waals surface area contributed by atoms with E-state index in [2.05, 4.69) is 15.4 Å². The molecule has 2 aromatic rings. The maximum Gasteiger partial charge on any atom is 0.323 e. The van der Waals surface area contributed by atoms with Gasteiger partial charge in [0.15, 0.2) is 0 Å². The Labute approximate surface area is 143 Å². The molecule has 0 aliphatic rings. The number of nitrogens with one attached hydrogen (secondary N) is 3. The van der Waals surface area contributed by atoms with Crippen molar-refractivity contribution in [2.75, 3.05) is 21.6 Å². The lowest BCUT2D eigenvalue weighted by atomic mass is 10.3. The van der Waals surface area contributed by atoms with E-state index >= 15 is 0 Å². The molecule has 0 aliphatic carbocycles. The summed E-state index contributed by atoms with van der Waals surface area (Å²) in [6.45, 7) is 0. The molecule has 0 fully saturated rings. The normalized spacial score (nSPS) is 10.9. The summed E-state index contributed by atoms with van der Waals surface area (Å²) in [5.74, 6) is 0. The number of rotatable bonds is 4. The Kier molecular flexibility index (Phi) is 5.35. The van der Waals surface area contributed by atoms with Crippen molar-refractivity contribution in [3.63, 3.8) is 0 Å². The lowest BCUT2D eigenvalue weighted by molar-refractivity contribution is 0.262. The number of benzene rings is 2. The highest BCUT2D eigenvalue weighted by Crippen LogP contribution is 2.25. The minimum Gasteiger partial charge on any atom is -0.308 e. The van der Waals surface area contributed by atoms with E-state index in [-0.39, 0.29) is 0 Å². The number of anilines is 3. The monoisotopic (exact) mass is 373 g/mol. The predicted molar refractivity (Wildman–Crippen MR) is 94.0 cm³/mol. The highest BCUT2D eigenvalue weighted by molar-refractivity contribution is 7.92. The van der Waals surface area contributed by atoms with Crippen LogP contribution in [0.25, 0.3) is 0 Å². The minimum absolute atomic E-state index is 0.320. The van der Waals surface area contributed by atoms with Crippen molar-refractivity contribution in [1.82, 2.24) is 0 Å². The molecule has 0 saturated carbocycles. The molecule has 0 unspecified atom stereocenters. The second-order valence-corrected chi connectivity index (χ2v) is 7.25. The molecular weight excluding hydrogens is 361 g/mol. The van der Waals surface area contributed by atoms with E-state index in [1.54, 1.807) is 24.3 Å². The van der Waals surface area contributed by atoms with Crippen LogP contribution in [0, 0.1) is 0 Å². The highest BCUT2D eigenvalue weighted by Gasteiger charge is 2.07. The van der Waals surface area contributed by atoms with Gasteiger partial charge < -0.3 is 10.6 Å². The zero-order valence-electron chi connectivity index (χ0n) is 11.9. The Morgan fingerprint density at radius 3 is 2.13 bits per heavy atom. The number of carbonyl (C=O) groups excluding carboxylic acids is 1. The van der Waals surface area contributed by atoms with Crippen molar-refractivity contribution >= 4 is 56.3 Å². The number of amides is 2. The summed E-state index contributed by atoms with van der Waals surface area (Å²) in [6, 6.07) is 10.4. The molecule has 23 heavy (non-hydrogen) atoms. The smallest absolute Gasteiger partial charge is 0.308 e. The Morgan fingerprint density at radius 2 is 1.57 bits per heavy atom. The van der Waals surface area contributed by atoms with Gasteiger partial charge in [0.05, 0.1) is 17.0 Å². The molecule has 2 rings (SSSR count). The van der Waals surface area contributed by atoms with Gasteiger partial charge in [0.1, 0.15) is 0 Å². The molecule has 6 nitrogen and oxygen atoms in total. The van der Waals surface area contributed by atoms with Crippen molar-refractivity contribution in [3.8, 4) is 0 Å². The van der Waals surface area contributed by atoms with Gasteiger partial charge in [-0.3, -0.25) is 4.72 Å². The highest BCUT2D eigenvalue weighted by atomic mass is 35.5. The van der Waals surface area contributed by atoms with Crippen LogP contribution in [0.3, 0.4) is 0 Å². The van der Waals surface area contributed by atoms with Crippen LogP contribution in [-0.4, -0.2) is 20.7 Å². The molecule has 0 saturated heterocycles. The Hall–Kier alpha value is -1.96. The average Bonchev–Trinajstić information content (AvgIpc) is 2.42. The van der Waals surface area contributed by atoms with Gasteiger partial charge in [0.25, 0.3) is 0 Å². The van der Waals surface area contributed by atoms with Crippen molar-refractivity contribution in [2.24, 2.45) is 0 Å². The fraction of sp³-hybridized carbons (Fsp3) is 0.0714. The van der Waals surface area contributed by atoms with Gasteiger partial charge in [-0.25, -0.2) is 13.2 Å². The first-order valence-corrected chi connectivity index (χ1v) is 8.98. The van der Waals surface area contributed by atoms with Crippen LogP contribution in [0.2, 0.25) is 10.0 Å². The van der Waals surface area contributed by atoms with Crippen LogP contribution in [0.5, 0.6) is 0 Å². The lowest BCUT2D eigenvalue weighted by Crippen LogP contribution is -2.19. The zero-order chi connectivity index (χ0) is 17.0. The number of hydrogen-bond acceptors (Lipinski definition) is 3. The van der Waals surface area contributed by atoms with Gasteiger partial charge in [-0.1, -0.05) is 23.2 Å². The van der Waals surface area contributed by atoms with Crippen molar-refractivity contribution in [3.05, 3.63) is 52.5 Å². The van der Waals surface area contributed by atoms with Gasteiger partial charge in [-0.15, -0.1) is 0 Å². The third-order valence-electron chi connectivity index (χ3n) is 2.63. The summed E-state index contributed by atoms with van der Waals surface area (Å²) in [5, 5.41) is 5.98. The maximum absolute atomic E-state index is 11.9. The number of urea groups is 1. The van der Waals surface area contributed by atoms with Crippen LogP contribution in [0.1, 0.15) is 0 Å². The molecular formula is C14H13Cl2N3O3S. The first kappa shape index (κ1) is 17.4. The largest absolute Gasteiger partial charge is 0.323 e. The third-order valence-corrected chi connectivity index (χ3v) is 3.78. The zero-order valence-corrected chi connectivity index (χ0v) is 14.3. The second kappa shape index (κ2) is 7.08. The van der Waals surface area contributed by atoms with E-state index in [1.807, 2.05) is 0 Å². The summed E-state index contributed by atoms with van der Waals surface area (Å²) in [7, 11) is -3.34. The van der Waals surface area contributed by atoms with Gasteiger partial charge in [0, 0.05) is 16.4 Å². The first-order valence-electron chi connectivity index (χ1n) is 6.34. The van der Waals surface area contributed by atoms with Crippen molar-refractivity contribution in [1.29, 1.82) is 0 Å². The fourth-order valence-electron chi connectivity index (χ4n) is 1.71. The number of halogens is 2. The topological polar surface area (TPSA) is 87.3 Å². The van der Waals surface area contributed by atoms with Gasteiger partial charge >= 0.3 is 6.03 Å². The molecule has 0 spiro atoms. The number of sulfonamides is 1. The van der Waals surface area contributed by atoms with Crippen LogP contribution in [0.4, 0.5) is 21.9 Å². The summed E-state index contributed by atoms with van der Waals surface area (Å²) in [4.78, 5) is 11.9. The van der Waals surface area contributed by atoms with Crippen LogP contribution in [0.15, 0.2) is 42.5 Å². The van der Waals surface area contributed by atoms with Gasteiger partial charge in [0.2, 0.25) is 10.0 Å². The molecule has 9 heteroatoms. The lowest BCUT2D eigenvalue weighted by Gasteiger charge is -2.10. The van der Waals surface area contributed by atoms with Gasteiger partial charge in [-0.05, 0) is 42.5 Å². The molecule has 0 heterocycles. The minimum atomic E-state index is -3.34. The van der Waals surface area contributed by atoms with E-state index in [1.165, 1.54) is 18.2 Å². The molecule has 0 bridgehead atoms. The van der Waals surface area contributed by atoms with Gasteiger partial charge in [-0.2, -0.15) is 0 Å². The maximum atomic E-state index is 11.9. The Morgan fingerprint density at radius 1 is 0.957 bits per heavy atom. The molecule has 122 valence electrons. The number of hydrogen-bond donors (Lipinski definition) is 3. The Bertz CT molecular complexity index is 824. The van der Waals surface area contributed by atoms with E-state index in [4.69, 9.17) is 23.2 Å². The predicted octanol–water partition coefficient (Wildman–Crippen LogP) is 4.01. The summed E-state index contributed by atoms with van der Waals surface area (Å²) >= 11 is 11.7. The third kappa shape index (κ3) is 5.63. The SMILES string of the molecule is CS(=O)(=O)Nc1ccc(NC(=O)Nc2ccc(Cl)cc2Cl)cc1. The summed E-state index contributed by atoms with van der Waals surface area (Å²) in [5.41, 5.74) is 1.31. The van der Waals surface area contributed by atoms with Crippen LogP contribution >= 0.6 is 23.2 Å².